The summed E-state index contributed by atoms with van der Waals surface area (Å²) in [5.41, 5.74) is 8.61. The molecule has 2 fully saturated rings. The molecule has 104 valence electrons. The fraction of sp³-hybridized carbons (Fsp3) is 0.625. The molecule has 2 N–H and O–H groups in total. The molecule has 1 saturated carbocycles. The van der Waals surface area contributed by atoms with Crippen molar-refractivity contribution in [1.29, 1.82) is 0 Å². The average Bonchev–Trinajstić information content (AvgIpc) is 2.98. The van der Waals surface area contributed by atoms with E-state index in [1.807, 2.05) is 13.0 Å². The highest BCUT2D eigenvalue weighted by molar-refractivity contribution is 5.61. The first-order valence-electron chi connectivity index (χ1n) is 7.38. The third-order valence-electron chi connectivity index (χ3n) is 4.79. The van der Waals surface area contributed by atoms with Gasteiger partial charge in [-0.25, -0.2) is 0 Å². The van der Waals surface area contributed by atoms with Gasteiger partial charge in [0.2, 0.25) is 0 Å². The number of benzene rings is 1. The van der Waals surface area contributed by atoms with Crippen LogP contribution >= 0.6 is 0 Å². The summed E-state index contributed by atoms with van der Waals surface area (Å²) in [6.07, 6.45) is 4.22. The molecule has 1 saturated heterocycles. The highest BCUT2D eigenvalue weighted by atomic mass is 16.5. The van der Waals surface area contributed by atoms with Gasteiger partial charge in [0, 0.05) is 30.4 Å². The molecule has 3 heteroatoms. The second-order valence-corrected chi connectivity index (χ2v) is 6.04. The lowest BCUT2D eigenvalue weighted by Gasteiger charge is -2.26. The molecule has 0 aromatic heterocycles. The van der Waals surface area contributed by atoms with Crippen LogP contribution < -0.4 is 15.4 Å². The van der Waals surface area contributed by atoms with Crippen molar-refractivity contribution in [2.75, 3.05) is 25.1 Å². The SMILES string of the molecule is COc1cccc(N2CC3CCCC3C2)c1[C@H](C)N. The van der Waals surface area contributed by atoms with Gasteiger partial charge in [-0.1, -0.05) is 12.5 Å². The summed E-state index contributed by atoms with van der Waals surface area (Å²) in [6, 6.07) is 6.29. The molecule has 1 aromatic carbocycles. The summed E-state index contributed by atoms with van der Waals surface area (Å²) >= 11 is 0. The number of hydrogen-bond acceptors (Lipinski definition) is 3. The lowest BCUT2D eigenvalue weighted by molar-refractivity contribution is 0.407. The molecule has 1 aliphatic carbocycles. The highest BCUT2D eigenvalue weighted by Crippen LogP contribution is 2.42. The first-order chi connectivity index (χ1) is 9.20. The third-order valence-corrected chi connectivity index (χ3v) is 4.79. The van der Waals surface area contributed by atoms with Crippen molar-refractivity contribution in [3.05, 3.63) is 23.8 Å². The van der Waals surface area contributed by atoms with E-state index in [2.05, 4.69) is 17.0 Å². The summed E-state index contributed by atoms with van der Waals surface area (Å²) < 4.78 is 5.49. The van der Waals surface area contributed by atoms with Gasteiger partial charge in [0.1, 0.15) is 5.75 Å². The lowest BCUT2D eigenvalue weighted by atomic mass is 10.0. The Kier molecular flexibility index (Phi) is 3.40. The average molecular weight is 260 g/mol. The maximum atomic E-state index is 6.17. The van der Waals surface area contributed by atoms with Gasteiger partial charge in [-0.2, -0.15) is 0 Å². The van der Waals surface area contributed by atoms with Crippen LogP contribution in [0.5, 0.6) is 5.75 Å². The molecular weight excluding hydrogens is 236 g/mol. The minimum absolute atomic E-state index is 0.00610. The van der Waals surface area contributed by atoms with E-state index >= 15 is 0 Å². The summed E-state index contributed by atoms with van der Waals surface area (Å²) in [5.74, 6) is 2.71. The molecule has 1 heterocycles. The van der Waals surface area contributed by atoms with Gasteiger partial charge in [-0.05, 0) is 43.7 Å². The minimum atomic E-state index is 0.00610. The second-order valence-electron chi connectivity index (χ2n) is 6.04. The van der Waals surface area contributed by atoms with Crippen LogP contribution in [0.1, 0.15) is 37.8 Å². The molecule has 0 amide bonds. The van der Waals surface area contributed by atoms with Crippen molar-refractivity contribution >= 4 is 5.69 Å². The van der Waals surface area contributed by atoms with Crippen LogP contribution in [-0.2, 0) is 0 Å². The van der Waals surface area contributed by atoms with Crippen LogP contribution in [0.25, 0.3) is 0 Å². The second kappa shape index (κ2) is 5.04. The number of methoxy groups -OCH3 is 1. The van der Waals surface area contributed by atoms with E-state index in [9.17, 15) is 0 Å². The van der Waals surface area contributed by atoms with Gasteiger partial charge in [0.05, 0.1) is 7.11 Å². The molecule has 1 aromatic rings. The number of rotatable bonds is 3. The van der Waals surface area contributed by atoms with E-state index in [0.717, 1.165) is 23.1 Å². The molecule has 19 heavy (non-hydrogen) atoms. The van der Waals surface area contributed by atoms with Crippen LogP contribution in [0.3, 0.4) is 0 Å². The Bertz CT molecular complexity index is 446. The number of nitrogens with two attached hydrogens (primary N) is 1. The maximum absolute atomic E-state index is 6.17. The quantitative estimate of drug-likeness (QED) is 0.908. The Morgan fingerprint density at radius 1 is 1.26 bits per heavy atom. The van der Waals surface area contributed by atoms with Gasteiger partial charge < -0.3 is 15.4 Å². The van der Waals surface area contributed by atoms with E-state index < -0.39 is 0 Å². The Morgan fingerprint density at radius 2 is 1.95 bits per heavy atom. The van der Waals surface area contributed by atoms with E-state index in [1.165, 1.54) is 38.0 Å². The zero-order chi connectivity index (χ0) is 13.4. The Balaban J connectivity index is 1.92. The number of hydrogen-bond donors (Lipinski definition) is 1. The zero-order valence-corrected chi connectivity index (χ0v) is 11.9. The van der Waals surface area contributed by atoms with Gasteiger partial charge in [0.15, 0.2) is 0 Å². The molecule has 0 radical (unpaired) electrons. The van der Waals surface area contributed by atoms with Crippen molar-refractivity contribution in [2.24, 2.45) is 17.6 Å². The molecule has 2 aliphatic rings. The molecule has 0 spiro atoms. The molecule has 3 rings (SSSR count). The number of anilines is 1. The molecule has 0 bridgehead atoms. The molecule has 3 atom stereocenters. The van der Waals surface area contributed by atoms with E-state index in [-0.39, 0.29) is 6.04 Å². The highest BCUT2D eigenvalue weighted by Gasteiger charge is 2.37. The fourth-order valence-corrected chi connectivity index (χ4v) is 3.88. The third kappa shape index (κ3) is 2.20. The zero-order valence-electron chi connectivity index (χ0n) is 11.9. The predicted molar refractivity (Wildman–Crippen MR) is 78.6 cm³/mol. The largest absolute Gasteiger partial charge is 0.496 e. The minimum Gasteiger partial charge on any atom is -0.496 e. The number of fused-ring (bicyclic) bond motifs is 1. The van der Waals surface area contributed by atoms with Crippen molar-refractivity contribution < 1.29 is 4.74 Å². The van der Waals surface area contributed by atoms with Gasteiger partial charge in [-0.3, -0.25) is 0 Å². The molecule has 3 nitrogen and oxygen atoms in total. The van der Waals surface area contributed by atoms with E-state index in [4.69, 9.17) is 10.5 Å². The Hall–Kier alpha value is -1.22. The van der Waals surface area contributed by atoms with Crippen molar-refractivity contribution in [1.82, 2.24) is 0 Å². The van der Waals surface area contributed by atoms with E-state index in [0.29, 0.717) is 0 Å². The summed E-state index contributed by atoms with van der Waals surface area (Å²) in [6.45, 7) is 4.42. The summed E-state index contributed by atoms with van der Waals surface area (Å²) in [5, 5.41) is 0. The van der Waals surface area contributed by atoms with Crippen LogP contribution in [-0.4, -0.2) is 20.2 Å². The van der Waals surface area contributed by atoms with Crippen molar-refractivity contribution in [3.8, 4) is 5.75 Å². The Labute approximate surface area is 115 Å². The van der Waals surface area contributed by atoms with E-state index in [1.54, 1.807) is 7.11 Å². The van der Waals surface area contributed by atoms with Crippen molar-refractivity contribution in [3.63, 3.8) is 0 Å². The maximum Gasteiger partial charge on any atom is 0.125 e. The van der Waals surface area contributed by atoms with Crippen LogP contribution in [0, 0.1) is 11.8 Å². The van der Waals surface area contributed by atoms with Gasteiger partial charge in [-0.15, -0.1) is 0 Å². The first kappa shape index (κ1) is 12.8. The normalized spacial score (nSPS) is 27.4. The smallest absolute Gasteiger partial charge is 0.125 e. The summed E-state index contributed by atoms with van der Waals surface area (Å²) in [4.78, 5) is 2.52. The summed E-state index contributed by atoms with van der Waals surface area (Å²) in [7, 11) is 1.73. The molecule has 2 unspecified atom stereocenters. The monoisotopic (exact) mass is 260 g/mol. The Morgan fingerprint density at radius 3 is 2.53 bits per heavy atom. The fourth-order valence-electron chi connectivity index (χ4n) is 3.88. The van der Waals surface area contributed by atoms with Crippen LogP contribution in [0.4, 0.5) is 5.69 Å². The molecule has 1 aliphatic heterocycles. The predicted octanol–water partition coefficient (Wildman–Crippen LogP) is 2.95. The van der Waals surface area contributed by atoms with Crippen LogP contribution in [0.15, 0.2) is 18.2 Å². The molecular formula is C16H24N2O. The topological polar surface area (TPSA) is 38.5 Å². The number of nitrogens with zero attached hydrogens (tertiary/aromatic N) is 1. The number of ether oxygens (including phenoxy) is 1. The standard InChI is InChI=1S/C16H24N2O/c1-11(17)16-14(7-4-8-15(16)19-2)18-9-12-5-3-6-13(12)10-18/h4,7-8,11-13H,3,5-6,9-10,17H2,1-2H3/t11-,12?,13?/m0/s1. The first-order valence-corrected chi connectivity index (χ1v) is 7.38. The van der Waals surface area contributed by atoms with Gasteiger partial charge in [0.25, 0.3) is 0 Å². The van der Waals surface area contributed by atoms with Crippen LogP contribution in [0.2, 0.25) is 0 Å². The van der Waals surface area contributed by atoms with Gasteiger partial charge >= 0.3 is 0 Å². The lowest BCUT2D eigenvalue weighted by Crippen LogP contribution is -2.24. The van der Waals surface area contributed by atoms with Crippen molar-refractivity contribution in [2.45, 2.75) is 32.2 Å².